The van der Waals surface area contributed by atoms with Gasteiger partial charge >= 0.3 is 6.03 Å². The third-order valence-electron chi connectivity index (χ3n) is 2.17. The Morgan fingerprint density at radius 1 is 1.50 bits per heavy atom. The number of H-pyrrole nitrogens is 1. The van der Waals surface area contributed by atoms with Crippen molar-refractivity contribution in [2.75, 3.05) is 12.4 Å². The van der Waals surface area contributed by atoms with Gasteiger partial charge in [0.2, 0.25) is 0 Å². The molecule has 2 heterocycles. The van der Waals surface area contributed by atoms with Gasteiger partial charge in [-0.25, -0.2) is 9.78 Å². The highest BCUT2D eigenvalue weighted by molar-refractivity contribution is 5.97. The molecule has 0 fully saturated rings. The van der Waals surface area contributed by atoms with E-state index in [2.05, 4.69) is 20.6 Å². The highest BCUT2D eigenvalue weighted by atomic mass is 16.2. The minimum absolute atomic E-state index is 0.339. The number of carbonyl (C=O) groups is 2. The molecule has 0 saturated carbocycles. The number of rotatable bonds is 2. The largest absolute Gasteiger partial charge is 0.345 e. The summed E-state index contributed by atoms with van der Waals surface area (Å²) in [6.45, 7) is 0. The Labute approximate surface area is 91.1 Å². The maximum absolute atomic E-state index is 11.1. The van der Waals surface area contributed by atoms with Gasteiger partial charge in [0, 0.05) is 24.2 Å². The average molecular weight is 218 g/mol. The Bertz CT molecular complexity index is 547. The van der Waals surface area contributed by atoms with Crippen LogP contribution in [0.3, 0.4) is 0 Å². The summed E-state index contributed by atoms with van der Waals surface area (Å²) in [5, 5.41) is 5.70. The van der Waals surface area contributed by atoms with Crippen LogP contribution in [0, 0.1) is 0 Å². The second-order valence-corrected chi connectivity index (χ2v) is 3.16. The second-order valence-electron chi connectivity index (χ2n) is 3.16. The fraction of sp³-hybridized carbons (Fsp3) is 0.100. The summed E-state index contributed by atoms with van der Waals surface area (Å²) in [5.41, 5.74) is 1.12. The highest BCUT2D eigenvalue weighted by Gasteiger charge is 2.06. The van der Waals surface area contributed by atoms with Gasteiger partial charge in [-0.1, -0.05) is 0 Å². The summed E-state index contributed by atoms with van der Waals surface area (Å²) in [5.74, 6) is 0.422. The molecule has 2 amide bonds. The van der Waals surface area contributed by atoms with E-state index in [9.17, 15) is 9.59 Å². The molecule has 0 aliphatic carbocycles. The number of nitrogens with zero attached hydrogens (tertiary/aromatic N) is 1. The molecule has 0 atom stereocenters. The zero-order valence-electron chi connectivity index (χ0n) is 8.57. The van der Waals surface area contributed by atoms with Gasteiger partial charge < -0.3 is 10.3 Å². The van der Waals surface area contributed by atoms with Crippen LogP contribution in [0.25, 0.3) is 11.0 Å². The fourth-order valence-electron chi connectivity index (χ4n) is 1.37. The van der Waals surface area contributed by atoms with Crippen LogP contribution in [0.2, 0.25) is 0 Å². The van der Waals surface area contributed by atoms with Crippen LogP contribution in [0.5, 0.6) is 0 Å². The third-order valence-corrected chi connectivity index (χ3v) is 2.17. The molecule has 0 spiro atoms. The van der Waals surface area contributed by atoms with Crippen LogP contribution in [0.4, 0.5) is 10.6 Å². The molecule has 0 aromatic carbocycles. The molecular weight excluding hydrogens is 208 g/mol. The van der Waals surface area contributed by atoms with Crippen LogP contribution >= 0.6 is 0 Å². The molecule has 0 radical (unpaired) electrons. The van der Waals surface area contributed by atoms with E-state index < -0.39 is 0 Å². The number of amides is 2. The van der Waals surface area contributed by atoms with Gasteiger partial charge in [0.05, 0.1) is 0 Å². The Balaban J connectivity index is 2.37. The van der Waals surface area contributed by atoms with Crippen LogP contribution in [-0.2, 0) is 0 Å². The molecule has 0 saturated heterocycles. The first kappa shape index (κ1) is 10.2. The lowest BCUT2D eigenvalue weighted by Crippen LogP contribution is -2.24. The Hall–Kier alpha value is -2.37. The molecule has 2 rings (SSSR count). The van der Waals surface area contributed by atoms with Crippen LogP contribution in [0.15, 0.2) is 18.3 Å². The van der Waals surface area contributed by atoms with Crippen molar-refractivity contribution in [2.24, 2.45) is 0 Å². The monoisotopic (exact) mass is 218 g/mol. The van der Waals surface area contributed by atoms with Gasteiger partial charge in [0.15, 0.2) is 6.29 Å². The number of urea groups is 1. The molecule has 82 valence electrons. The number of nitrogens with one attached hydrogen (secondary N) is 3. The average Bonchev–Trinajstić information content (AvgIpc) is 2.71. The highest BCUT2D eigenvalue weighted by Crippen LogP contribution is 2.17. The molecule has 3 N–H and O–H groups in total. The van der Waals surface area contributed by atoms with Crippen molar-refractivity contribution in [1.29, 1.82) is 0 Å². The van der Waals surface area contributed by atoms with E-state index in [0.717, 1.165) is 11.7 Å². The van der Waals surface area contributed by atoms with E-state index >= 15 is 0 Å². The predicted octanol–water partition coefficient (Wildman–Crippen LogP) is 1.13. The minimum atomic E-state index is -0.339. The molecule has 16 heavy (non-hydrogen) atoms. The van der Waals surface area contributed by atoms with Gasteiger partial charge in [-0.05, 0) is 12.1 Å². The van der Waals surface area contributed by atoms with Crippen molar-refractivity contribution in [3.8, 4) is 0 Å². The standard InChI is InChI=1S/C10H10N4O2/c1-11-10(16)14-8-3-2-7-6(5-15)4-12-9(7)13-8/h2-5H,1H3,(H3,11,12,13,14,16). The number of pyridine rings is 1. The van der Waals surface area contributed by atoms with Gasteiger partial charge in [-0.2, -0.15) is 0 Å². The third kappa shape index (κ3) is 1.72. The zero-order chi connectivity index (χ0) is 11.5. The predicted molar refractivity (Wildman–Crippen MR) is 59.6 cm³/mol. The van der Waals surface area contributed by atoms with E-state index in [1.54, 1.807) is 18.3 Å². The number of anilines is 1. The van der Waals surface area contributed by atoms with Gasteiger partial charge in [0.25, 0.3) is 0 Å². The van der Waals surface area contributed by atoms with Gasteiger partial charge in [-0.15, -0.1) is 0 Å². The quantitative estimate of drug-likeness (QED) is 0.660. The Morgan fingerprint density at radius 2 is 2.31 bits per heavy atom. The van der Waals surface area contributed by atoms with Crippen molar-refractivity contribution < 1.29 is 9.59 Å². The Kier molecular flexibility index (Phi) is 2.55. The van der Waals surface area contributed by atoms with Crippen molar-refractivity contribution >= 4 is 29.2 Å². The van der Waals surface area contributed by atoms with Crippen molar-refractivity contribution in [2.45, 2.75) is 0 Å². The summed E-state index contributed by atoms with van der Waals surface area (Å²) in [4.78, 5) is 28.7. The van der Waals surface area contributed by atoms with Crippen LogP contribution in [0.1, 0.15) is 10.4 Å². The van der Waals surface area contributed by atoms with E-state index in [4.69, 9.17) is 0 Å². The number of aromatic nitrogens is 2. The lowest BCUT2D eigenvalue weighted by molar-refractivity contribution is 0.112. The summed E-state index contributed by atoms with van der Waals surface area (Å²) >= 11 is 0. The summed E-state index contributed by atoms with van der Waals surface area (Å²) in [6, 6.07) is 3.03. The van der Waals surface area contributed by atoms with Crippen molar-refractivity contribution in [3.05, 3.63) is 23.9 Å². The molecule has 0 aliphatic rings. The number of carbonyl (C=O) groups excluding carboxylic acids is 2. The number of aromatic amines is 1. The second kappa shape index (κ2) is 4.01. The van der Waals surface area contributed by atoms with E-state index in [1.807, 2.05) is 0 Å². The SMILES string of the molecule is CNC(=O)Nc1ccc2c(C=O)c[nH]c2n1. The summed E-state index contributed by atoms with van der Waals surface area (Å²) in [7, 11) is 1.52. The number of hydrogen-bond acceptors (Lipinski definition) is 3. The first-order valence-corrected chi connectivity index (χ1v) is 4.66. The van der Waals surface area contributed by atoms with E-state index in [-0.39, 0.29) is 6.03 Å². The number of hydrogen-bond donors (Lipinski definition) is 3. The molecular formula is C10H10N4O2. The lowest BCUT2D eigenvalue weighted by atomic mass is 10.2. The molecule has 2 aromatic heterocycles. The van der Waals surface area contributed by atoms with Crippen LogP contribution in [-0.4, -0.2) is 29.3 Å². The molecule has 0 bridgehead atoms. The van der Waals surface area contributed by atoms with Gasteiger partial charge in [-0.3, -0.25) is 10.1 Å². The maximum Gasteiger partial charge on any atom is 0.320 e. The normalized spacial score (nSPS) is 10.1. The Morgan fingerprint density at radius 3 is 3.00 bits per heavy atom. The minimum Gasteiger partial charge on any atom is -0.345 e. The van der Waals surface area contributed by atoms with E-state index in [0.29, 0.717) is 17.0 Å². The van der Waals surface area contributed by atoms with Gasteiger partial charge in [0.1, 0.15) is 11.5 Å². The zero-order valence-corrected chi connectivity index (χ0v) is 8.57. The molecule has 6 heteroatoms. The number of aldehydes is 1. The smallest absolute Gasteiger partial charge is 0.320 e. The molecule has 6 nitrogen and oxygen atoms in total. The van der Waals surface area contributed by atoms with Crippen LogP contribution < -0.4 is 10.6 Å². The summed E-state index contributed by atoms with van der Waals surface area (Å²) in [6.07, 6.45) is 2.33. The van der Waals surface area contributed by atoms with E-state index in [1.165, 1.54) is 7.05 Å². The maximum atomic E-state index is 11.1. The first-order valence-electron chi connectivity index (χ1n) is 4.66. The van der Waals surface area contributed by atoms with Crippen molar-refractivity contribution in [3.63, 3.8) is 0 Å². The number of fused-ring (bicyclic) bond motifs is 1. The first-order chi connectivity index (χ1) is 7.74. The summed E-state index contributed by atoms with van der Waals surface area (Å²) < 4.78 is 0. The fourth-order valence-corrected chi connectivity index (χ4v) is 1.37. The molecule has 0 unspecified atom stereocenters. The lowest BCUT2D eigenvalue weighted by Gasteiger charge is -2.02. The molecule has 0 aliphatic heterocycles. The topological polar surface area (TPSA) is 86.9 Å². The van der Waals surface area contributed by atoms with Crippen molar-refractivity contribution in [1.82, 2.24) is 15.3 Å². The molecule has 2 aromatic rings.